The largest absolute Gasteiger partial charge is 0.504 e. The fraction of sp³-hybridized carbons (Fsp3) is 0.500. The highest BCUT2D eigenvalue weighted by Gasteiger charge is 2.37. The minimum absolute atomic E-state index is 0.00942. The zero-order valence-corrected chi connectivity index (χ0v) is 35.3. The van der Waals surface area contributed by atoms with Crippen molar-refractivity contribution in [2.45, 2.75) is 134 Å². The van der Waals surface area contributed by atoms with Crippen LogP contribution in [0.2, 0.25) is 0 Å². The molecule has 4 amide bonds. The molecule has 0 saturated heterocycles. The van der Waals surface area contributed by atoms with Gasteiger partial charge in [0, 0.05) is 19.3 Å². The topological polar surface area (TPSA) is 218 Å². The number of amides is 4. The molecule has 5 rings (SSSR count). The lowest BCUT2D eigenvalue weighted by Crippen LogP contribution is -2.58. The number of fused-ring (bicyclic) bond motifs is 9. The third-order valence-electron chi connectivity index (χ3n) is 10.5. The van der Waals surface area contributed by atoms with Gasteiger partial charge in [-0.15, -0.1) is 0 Å². The number of rotatable bonds is 20. The second-order valence-corrected chi connectivity index (χ2v) is 16.0. The molecule has 0 radical (unpaired) electrons. The molecule has 3 aromatic rings. The Morgan fingerprint density at radius 2 is 1.55 bits per heavy atom. The van der Waals surface area contributed by atoms with Crippen LogP contribution in [0.3, 0.4) is 0 Å². The molecule has 0 fully saturated rings. The first-order valence-corrected chi connectivity index (χ1v) is 21.2. The second kappa shape index (κ2) is 23.8. The average molecular weight is 830 g/mol. The van der Waals surface area contributed by atoms with Gasteiger partial charge < -0.3 is 46.7 Å². The number of aromatic hydroxyl groups is 1. The van der Waals surface area contributed by atoms with Gasteiger partial charge in [-0.25, -0.2) is 4.79 Å². The number of phenolic OH excluding ortho intramolecular Hbond substituents is 1. The molecule has 0 aromatic heterocycles. The van der Waals surface area contributed by atoms with Crippen LogP contribution in [-0.4, -0.2) is 71.1 Å². The van der Waals surface area contributed by atoms with Crippen molar-refractivity contribution in [3.63, 3.8) is 0 Å². The first-order valence-electron chi connectivity index (χ1n) is 21.2. The standard InChI is InChI=1S/C46H63N5O9/c1-5-6-7-8-9-10-11-12-16-19-39(53)50-41(46(57)58)40-32-27-37(52)42(59-4)38(28-32)60-33-22-20-31(21-23-33)26-35(48-43(54)34(47)24-29(2)3)44(55)49-36(45(56)51-40)25-30-17-14-13-15-18-30/h13-15,17-18,20-23,27-29,34-36,40-41,52H,5-12,16,19,24-26,47H2,1-4H3,(H,48,54)(H,49,55)(H,50,53)(H,51,56)(H,57,58)/t34-,35-,36+,40?,41-/m1/s1. The molecule has 2 aliphatic heterocycles. The van der Waals surface area contributed by atoms with E-state index in [1.165, 1.54) is 44.9 Å². The minimum Gasteiger partial charge on any atom is -0.504 e. The number of hydrogen-bond donors (Lipinski definition) is 7. The van der Waals surface area contributed by atoms with Crippen molar-refractivity contribution in [2.24, 2.45) is 11.7 Å². The Kier molecular flexibility index (Phi) is 18.7. The van der Waals surface area contributed by atoms with E-state index in [1.54, 1.807) is 54.6 Å². The molecule has 0 aliphatic carbocycles. The summed E-state index contributed by atoms with van der Waals surface area (Å²) in [5.41, 5.74) is 7.62. The summed E-state index contributed by atoms with van der Waals surface area (Å²) in [5.74, 6) is -3.99. The Hall–Kier alpha value is -5.63. The molecule has 3 aromatic carbocycles. The minimum atomic E-state index is -1.72. The normalized spacial score (nSPS) is 17.8. The Labute approximate surface area is 353 Å². The fourth-order valence-corrected chi connectivity index (χ4v) is 7.30. The summed E-state index contributed by atoms with van der Waals surface area (Å²) in [6, 6.07) is 11.7. The number of nitrogens with one attached hydrogen (secondary N) is 4. The smallest absolute Gasteiger partial charge is 0.328 e. The van der Waals surface area contributed by atoms with Crippen LogP contribution in [0.25, 0.3) is 0 Å². The number of hydrogen-bond acceptors (Lipinski definition) is 9. The number of benzene rings is 3. The lowest BCUT2D eigenvalue weighted by molar-refractivity contribution is -0.143. The van der Waals surface area contributed by atoms with Crippen molar-refractivity contribution < 1.29 is 43.7 Å². The van der Waals surface area contributed by atoms with Crippen LogP contribution >= 0.6 is 0 Å². The van der Waals surface area contributed by atoms with Crippen molar-refractivity contribution >= 4 is 29.6 Å². The van der Waals surface area contributed by atoms with Gasteiger partial charge in [0.05, 0.1) is 19.2 Å². The molecule has 14 nitrogen and oxygen atoms in total. The molecular weight excluding hydrogens is 767 g/mol. The SMILES string of the molecule is CCCCCCCCCCCC(=O)N[C@@H](C(=O)O)C1NC(=O)[C@H](Cc2ccccc2)NC(=O)[C@H](NC(=O)[C@H](N)CC(C)C)Cc2ccc(cc2)Oc2cc1cc(O)c2OC. The van der Waals surface area contributed by atoms with Crippen LogP contribution < -0.4 is 36.5 Å². The number of unbranched alkanes of at least 4 members (excludes halogenated alkanes) is 8. The third-order valence-corrected chi connectivity index (χ3v) is 10.5. The second-order valence-electron chi connectivity index (χ2n) is 16.0. The van der Waals surface area contributed by atoms with Gasteiger partial charge in [0.15, 0.2) is 17.5 Å². The number of carbonyl (C=O) groups excluding carboxylic acids is 4. The van der Waals surface area contributed by atoms with E-state index < -0.39 is 65.6 Å². The van der Waals surface area contributed by atoms with E-state index in [9.17, 15) is 34.2 Å². The number of nitrogens with two attached hydrogens (primary N) is 1. The molecule has 60 heavy (non-hydrogen) atoms. The molecule has 0 spiro atoms. The van der Waals surface area contributed by atoms with E-state index in [-0.39, 0.29) is 42.2 Å². The summed E-state index contributed by atoms with van der Waals surface area (Å²) in [6.07, 6.45) is 9.77. The van der Waals surface area contributed by atoms with E-state index in [4.69, 9.17) is 15.2 Å². The number of carboxylic acid groups (broad SMARTS) is 1. The quantitative estimate of drug-likeness (QED) is 0.0661. The van der Waals surface area contributed by atoms with E-state index in [0.29, 0.717) is 29.7 Å². The van der Waals surface area contributed by atoms with Crippen molar-refractivity contribution in [1.82, 2.24) is 21.3 Å². The predicted molar refractivity (Wildman–Crippen MR) is 229 cm³/mol. The molecule has 5 atom stereocenters. The molecule has 2 heterocycles. The van der Waals surface area contributed by atoms with Gasteiger partial charge in [0.1, 0.15) is 17.8 Å². The van der Waals surface area contributed by atoms with Crippen LogP contribution in [0.1, 0.15) is 114 Å². The number of carboxylic acids is 1. The molecule has 326 valence electrons. The monoisotopic (exact) mass is 829 g/mol. The van der Waals surface area contributed by atoms with Crippen molar-refractivity contribution in [3.05, 3.63) is 83.4 Å². The lowest BCUT2D eigenvalue weighted by Gasteiger charge is -2.30. The molecule has 4 bridgehead atoms. The van der Waals surface area contributed by atoms with Crippen LogP contribution in [0.15, 0.2) is 66.7 Å². The Bertz CT molecular complexity index is 1870. The number of phenols is 1. The summed E-state index contributed by atoms with van der Waals surface area (Å²) in [4.78, 5) is 68.5. The molecule has 14 heteroatoms. The van der Waals surface area contributed by atoms with Gasteiger partial charge in [-0.2, -0.15) is 0 Å². The third kappa shape index (κ3) is 14.6. The highest BCUT2D eigenvalue weighted by Crippen LogP contribution is 2.42. The van der Waals surface area contributed by atoms with Gasteiger partial charge in [0.25, 0.3) is 0 Å². The summed E-state index contributed by atoms with van der Waals surface area (Å²) in [6.45, 7) is 6.04. The number of carbonyl (C=O) groups is 5. The first-order chi connectivity index (χ1) is 28.8. The zero-order valence-electron chi connectivity index (χ0n) is 35.3. The van der Waals surface area contributed by atoms with Crippen molar-refractivity contribution in [2.75, 3.05) is 7.11 Å². The maximum Gasteiger partial charge on any atom is 0.328 e. The highest BCUT2D eigenvalue weighted by atomic mass is 16.5. The molecule has 2 aliphatic rings. The summed E-state index contributed by atoms with van der Waals surface area (Å²) >= 11 is 0. The van der Waals surface area contributed by atoms with E-state index >= 15 is 0 Å². The highest BCUT2D eigenvalue weighted by molar-refractivity contribution is 5.94. The van der Waals surface area contributed by atoms with Crippen LogP contribution in [0.4, 0.5) is 0 Å². The summed E-state index contributed by atoms with van der Waals surface area (Å²) in [5, 5.41) is 32.8. The van der Waals surface area contributed by atoms with Gasteiger partial charge in [-0.05, 0) is 59.7 Å². The molecule has 1 unspecified atom stereocenters. The van der Waals surface area contributed by atoms with E-state index in [0.717, 1.165) is 25.7 Å². The molecule has 8 N–H and O–H groups in total. The summed E-state index contributed by atoms with van der Waals surface area (Å²) in [7, 11) is 1.33. The van der Waals surface area contributed by atoms with Gasteiger partial charge in [-0.1, -0.05) is 115 Å². The van der Waals surface area contributed by atoms with Crippen molar-refractivity contribution in [3.8, 4) is 23.0 Å². The Morgan fingerprint density at radius 1 is 0.900 bits per heavy atom. The van der Waals surface area contributed by atoms with Crippen LogP contribution in [0.5, 0.6) is 23.0 Å². The van der Waals surface area contributed by atoms with Crippen molar-refractivity contribution in [1.29, 1.82) is 0 Å². The zero-order chi connectivity index (χ0) is 43.6. The maximum atomic E-state index is 14.5. The summed E-state index contributed by atoms with van der Waals surface area (Å²) < 4.78 is 11.6. The molecular formula is C46H63N5O9. The fourth-order valence-electron chi connectivity index (χ4n) is 7.30. The lowest BCUT2D eigenvalue weighted by atomic mass is 9.96. The number of ether oxygens (including phenoxy) is 2. The van der Waals surface area contributed by atoms with E-state index in [1.807, 2.05) is 13.8 Å². The van der Waals surface area contributed by atoms with Crippen LogP contribution in [-0.2, 0) is 36.8 Å². The first kappa shape index (κ1) is 47.1. The predicted octanol–water partition coefficient (Wildman–Crippen LogP) is 5.98. The van der Waals surface area contributed by atoms with Gasteiger partial charge in [-0.3, -0.25) is 19.2 Å². The van der Waals surface area contributed by atoms with Crippen LogP contribution in [0, 0.1) is 5.92 Å². The Balaban J connectivity index is 1.73. The molecule has 0 saturated carbocycles. The Morgan fingerprint density at radius 3 is 2.17 bits per heavy atom. The van der Waals surface area contributed by atoms with E-state index in [2.05, 4.69) is 28.2 Å². The average Bonchev–Trinajstić information content (AvgIpc) is 3.21. The maximum absolute atomic E-state index is 14.5. The van der Waals surface area contributed by atoms with Gasteiger partial charge in [0.2, 0.25) is 29.4 Å². The van der Waals surface area contributed by atoms with Gasteiger partial charge >= 0.3 is 5.97 Å². The number of methoxy groups -OCH3 is 1. The number of aliphatic carboxylic acids is 1.